The molecule has 6 heteroatoms. The molecule has 0 aliphatic rings. The van der Waals surface area contributed by atoms with Gasteiger partial charge >= 0.3 is 0 Å². The molecule has 18 heavy (non-hydrogen) atoms. The van der Waals surface area contributed by atoms with E-state index in [-0.39, 0.29) is 11.4 Å². The van der Waals surface area contributed by atoms with Crippen molar-refractivity contribution < 1.29 is 13.0 Å². The van der Waals surface area contributed by atoms with Crippen LogP contribution in [-0.4, -0.2) is 22.9 Å². The van der Waals surface area contributed by atoms with E-state index in [1.54, 1.807) is 36.4 Å². The van der Waals surface area contributed by atoms with Crippen molar-refractivity contribution in [2.75, 3.05) is 0 Å². The Balaban J connectivity index is 2.72. The van der Waals surface area contributed by atoms with Crippen molar-refractivity contribution in [1.82, 2.24) is 9.97 Å². The Bertz CT molecular complexity index is 587. The first kappa shape index (κ1) is 12.7. The van der Waals surface area contributed by atoms with Crippen molar-refractivity contribution in [3.63, 3.8) is 0 Å². The minimum atomic E-state index is -4.40. The zero-order valence-corrected chi connectivity index (χ0v) is 10.5. The SMILES string of the molecule is CC(c1ccccn1)(c1ccccn1)S(=O)(=O)O. The van der Waals surface area contributed by atoms with Gasteiger partial charge in [0.2, 0.25) is 0 Å². The number of hydrogen-bond donors (Lipinski definition) is 1. The van der Waals surface area contributed by atoms with Crippen LogP contribution in [0.15, 0.2) is 48.8 Å². The average molecular weight is 264 g/mol. The summed E-state index contributed by atoms with van der Waals surface area (Å²) in [4.78, 5) is 8.03. The second kappa shape index (κ2) is 4.47. The highest BCUT2D eigenvalue weighted by atomic mass is 32.2. The highest BCUT2D eigenvalue weighted by Crippen LogP contribution is 2.33. The van der Waals surface area contributed by atoms with Crippen LogP contribution in [0.4, 0.5) is 0 Å². The predicted octanol–water partition coefficient (Wildman–Crippen LogP) is 1.63. The predicted molar refractivity (Wildman–Crippen MR) is 66.5 cm³/mol. The van der Waals surface area contributed by atoms with Gasteiger partial charge in [-0.1, -0.05) is 12.1 Å². The normalized spacial score (nSPS) is 12.3. The van der Waals surface area contributed by atoms with Crippen LogP contribution in [0.3, 0.4) is 0 Å². The van der Waals surface area contributed by atoms with Gasteiger partial charge < -0.3 is 0 Å². The lowest BCUT2D eigenvalue weighted by atomic mass is 10.0. The topological polar surface area (TPSA) is 80.2 Å². The lowest BCUT2D eigenvalue weighted by Gasteiger charge is -2.24. The quantitative estimate of drug-likeness (QED) is 0.852. The van der Waals surface area contributed by atoms with Gasteiger partial charge in [-0.3, -0.25) is 14.5 Å². The summed E-state index contributed by atoms with van der Waals surface area (Å²) in [5.41, 5.74) is 0.456. The first-order valence-electron chi connectivity index (χ1n) is 5.26. The van der Waals surface area contributed by atoms with Crippen LogP contribution in [0.1, 0.15) is 18.3 Å². The summed E-state index contributed by atoms with van der Waals surface area (Å²) >= 11 is 0. The minimum absolute atomic E-state index is 0.228. The zero-order valence-electron chi connectivity index (χ0n) is 9.69. The molecule has 0 amide bonds. The van der Waals surface area contributed by atoms with E-state index >= 15 is 0 Å². The summed E-state index contributed by atoms with van der Waals surface area (Å²) in [7, 11) is -4.40. The summed E-state index contributed by atoms with van der Waals surface area (Å²) in [5.74, 6) is 0. The standard InChI is InChI=1S/C12H12N2O3S/c1-12(18(15,16)17,10-6-2-4-8-13-10)11-7-3-5-9-14-11/h2-9H,1H3,(H,15,16,17). The van der Waals surface area contributed by atoms with Crippen molar-refractivity contribution in [2.24, 2.45) is 0 Å². The highest BCUT2D eigenvalue weighted by Gasteiger charge is 2.44. The first-order chi connectivity index (χ1) is 8.46. The van der Waals surface area contributed by atoms with Crippen LogP contribution in [0, 0.1) is 0 Å². The molecule has 0 radical (unpaired) electrons. The Hall–Kier alpha value is -1.79. The maximum atomic E-state index is 11.7. The molecule has 94 valence electrons. The van der Waals surface area contributed by atoms with Crippen molar-refractivity contribution >= 4 is 10.1 Å². The third kappa shape index (κ3) is 2.00. The van der Waals surface area contributed by atoms with Gasteiger partial charge in [0.25, 0.3) is 10.1 Å². The molecular formula is C12H12N2O3S. The van der Waals surface area contributed by atoms with Crippen LogP contribution in [0.5, 0.6) is 0 Å². The Morgan fingerprint density at radius 1 is 1.00 bits per heavy atom. The van der Waals surface area contributed by atoms with Crippen molar-refractivity contribution in [3.8, 4) is 0 Å². The molecule has 2 aromatic heterocycles. The third-order valence-corrected chi connectivity index (χ3v) is 4.27. The fraction of sp³-hybridized carbons (Fsp3) is 0.167. The van der Waals surface area contributed by atoms with Gasteiger partial charge in [-0.25, -0.2) is 0 Å². The molecule has 2 rings (SSSR count). The third-order valence-electron chi connectivity index (χ3n) is 2.82. The monoisotopic (exact) mass is 264 g/mol. The van der Waals surface area contributed by atoms with Gasteiger partial charge in [0, 0.05) is 12.4 Å². The van der Waals surface area contributed by atoms with Crippen LogP contribution >= 0.6 is 0 Å². The summed E-state index contributed by atoms with van der Waals surface area (Å²) in [5, 5.41) is 0. The summed E-state index contributed by atoms with van der Waals surface area (Å²) in [6.45, 7) is 1.38. The number of pyridine rings is 2. The Labute approximate surface area is 105 Å². The van der Waals surface area contributed by atoms with E-state index < -0.39 is 14.9 Å². The molecule has 0 saturated heterocycles. The van der Waals surface area contributed by atoms with Gasteiger partial charge in [-0.15, -0.1) is 0 Å². The van der Waals surface area contributed by atoms with E-state index in [1.807, 2.05) is 0 Å². The first-order valence-corrected chi connectivity index (χ1v) is 6.70. The van der Waals surface area contributed by atoms with Gasteiger partial charge in [-0.2, -0.15) is 8.42 Å². The maximum absolute atomic E-state index is 11.7. The number of hydrogen-bond acceptors (Lipinski definition) is 4. The Morgan fingerprint density at radius 3 is 1.72 bits per heavy atom. The van der Waals surface area contributed by atoms with E-state index in [9.17, 15) is 13.0 Å². The zero-order chi connectivity index (χ0) is 13.2. The number of aromatic nitrogens is 2. The number of nitrogens with zero attached hydrogens (tertiary/aromatic N) is 2. The molecular weight excluding hydrogens is 252 g/mol. The van der Waals surface area contributed by atoms with E-state index in [1.165, 1.54) is 19.3 Å². The van der Waals surface area contributed by atoms with E-state index in [2.05, 4.69) is 9.97 Å². The lowest BCUT2D eigenvalue weighted by molar-refractivity contribution is 0.448. The Kier molecular flexibility index (Phi) is 3.14. The molecule has 0 aromatic carbocycles. The molecule has 0 bridgehead atoms. The molecule has 0 aliphatic carbocycles. The summed E-state index contributed by atoms with van der Waals surface area (Å²) in [6.07, 6.45) is 2.95. The fourth-order valence-corrected chi connectivity index (χ4v) is 2.46. The van der Waals surface area contributed by atoms with Crippen LogP contribution in [0.25, 0.3) is 0 Å². The van der Waals surface area contributed by atoms with Crippen molar-refractivity contribution in [3.05, 3.63) is 60.2 Å². The van der Waals surface area contributed by atoms with Crippen molar-refractivity contribution in [1.29, 1.82) is 0 Å². The molecule has 5 nitrogen and oxygen atoms in total. The Morgan fingerprint density at radius 2 is 1.44 bits per heavy atom. The lowest BCUT2D eigenvalue weighted by Crippen LogP contribution is -2.35. The van der Waals surface area contributed by atoms with Crippen LogP contribution in [0.2, 0.25) is 0 Å². The highest BCUT2D eigenvalue weighted by molar-refractivity contribution is 7.87. The second-order valence-corrected chi connectivity index (χ2v) is 5.70. The minimum Gasteiger partial charge on any atom is -0.285 e. The molecule has 2 aromatic rings. The van der Waals surface area contributed by atoms with Gasteiger partial charge in [-0.05, 0) is 31.2 Å². The fourth-order valence-electron chi connectivity index (χ4n) is 1.69. The molecule has 2 heterocycles. The molecule has 0 fully saturated rings. The smallest absolute Gasteiger partial charge is 0.282 e. The largest absolute Gasteiger partial charge is 0.285 e. The second-order valence-electron chi connectivity index (χ2n) is 3.94. The van der Waals surface area contributed by atoms with E-state index in [0.29, 0.717) is 0 Å². The van der Waals surface area contributed by atoms with Gasteiger partial charge in [0.05, 0.1) is 11.4 Å². The molecule has 0 unspecified atom stereocenters. The maximum Gasteiger partial charge on any atom is 0.282 e. The van der Waals surface area contributed by atoms with Crippen LogP contribution < -0.4 is 0 Å². The number of rotatable bonds is 3. The average Bonchev–Trinajstić information content (AvgIpc) is 2.38. The van der Waals surface area contributed by atoms with Gasteiger partial charge in [0.1, 0.15) is 0 Å². The molecule has 0 saturated carbocycles. The van der Waals surface area contributed by atoms with E-state index in [0.717, 1.165) is 0 Å². The van der Waals surface area contributed by atoms with Gasteiger partial charge in [0.15, 0.2) is 4.75 Å². The molecule has 0 aliphatic heterocycles. The molecule has 0 atom stereocenters. The summed E-state index contributed by atoms with van der Waals surface area (Å²) < 4.78 is 31.3. The molecule has 1 N–H and O–H groups in total. The van der Waals surface area contributed by atoms with E-state index in [4.69, 9.17) is 0 Å². The van der Waals surface area contributed by atoms with Crippen molar-refractivity contribution in [2.45, 2.75) is 11.7 Å². The summed E-state index contributed by atoms with van der Waals surface area (Å²) in [6, 6.07) is 9.76. The van der Waals surface area contributed by atoms with Crippen LogP contribution in [-0.2, 0) is 14.9 Å². The molecule has 0 spiro atoms.